The molecule has 4 saturated carbocycles. The van der Waals surface area contributed by atoms with Crippen molar-refractivity contribution in [3.05, 3.63) is 47.5 Å². The Hall–Kier alpha value is -1.98. The number of carbonyl (C=O) groups excluding carboxylic acids is 2. The molecule has 1 aromatic carbocycles. The van der Waals surface area contributed by atoms with Crippen molar-refractivity contribution in [2.75, 3.05) is 0 Å². The van der Waals surface area contributed by atoms with Crippen molar-refractivity contribution in [2.45, 2.75) is 119 Å². The Morgan fingerprint density at radius 3 is 2.26 bits per heavy atom. The van der Waals surface area contributed by atoms with Gasteiger partial charge in [-0.2, -0.15) is 0 Å². The molecule has 0 saturated heterocycles. The Kier molecular flexibility index (Phi) is 6.81. The van der Waals surface area contributed by atoms with Crippen molar-refractivity contribution < 1.29 is 24.5 Å². The van der Waals surface area contributed by atoms with E-state index in [9.17, 15) is 19.8 Å². The van der Waals surface area contributed by atoms with Gasteiger partial charge in [0.25, 0.3) is 0 Å². The maximum absolute atomic E-state index is 14.6. The molecule has 2 N–H and O–H groups in total. The predicted molar refractivity (Wildman–Crippen MR) is 163 cm³/mol. The predicted octanol–water partition coefficient (Wildman–Crippen LogP) is 7.04. The van der Waals surface area contributed by atoms with Crippen LogP contribution in [0.15, 0.2) is 42.0 Å². The van der Waals surface area contributed by atoms with E-state index in [2.05, 4.69) is 48.5 Å². The largest absolute Gasteiger partial charge is 0.460 e. The van der Waals surface area contributed by atoms with E-state index in [0.29, 0.717) is 6.42 Å². The van der Waals surface area contributed by atoms with Gasteiger partial charge in [0.15, 0.2) is 5.78 Å². The zero-order valence-electron chi connectivity index (χ0n) is 26.8. The minimum atomic E-state index is -0.841. The fourth-order valence-electron chi connectivity index (χ4n) is 11.4. The second-order valence-electron chi connectivity index (χ2n) is 17.0. The first-order valence-electron chi connectivity index (χ1n) is 16.4. The molecule has 0 amide bonds. The number of fused-ring (bicyclic) bond motifs is 7. The molecule has 4 fully saturated rings. The smallest absolute Gasteiger partial charge is 0.313 e. The van der Waals surface area contributed by atoms with Gasteiger partial charge in [-0.3, -0.25) is 9.59 Å². The van der Waals surface area contributed by atoms with Gasteiger partial charge < -0.3 is 14.9 Å². The average Bonchev–Trinajstić information content (AvgIpc) is 2.91. The normalized spacial score (nSPS) is 45.4. The lowest BCUT2D eigenvalue weighted by Crippen LogP contribution is -2.68. The van der Waals surface area contributed by atoms with E-state index in [4.69, 9.17) is 4.74 Å². The average molecular weight is 577 g/mol. The summed E-state index contributed by atoms with van der Waals surface area (Å²) in [6, 6.07) is 9.89. The number of aliphatic hydroxyl groups is 2. The van der Waals surface area contributed by atoms with Gasteiger partial charge in [0.05, 0.1) is 17.6 Å². The van der Waals surface area contributed by atoms with Crippen LogP contribution in [0.1, 0.15) is 105 Å². The van der Waals surface area contributed by atoms with E-state index in [0.717, 1.165) is 50.5 Å². The van der Waals surface area contributed by atoms with Gasteiger partial charge in [-0.15, -0.1) is 0 Å². The zero-order chi connectivity index (χ0) is 30.5. The molecule has 0 unspecified atom stereocenters. The molecular weight excluding hydrogens is 524 g/mol. The van der Waals surface area contributed by atoms with Crippen LogP contribution < -0.4 is 0 Å². The lowest BCUT2D eigenvalue weighted by atomic mass is 9.33. The highest BCUT2D eigenvalue weighted by Gasteiger charge is 2.72. The van der Waals surface area contributed by atoms with Gasteiger partial charge in [-0.1, -0.05) is 84.4 Å². The summed E-state index contributed by atoms with van der Waals surface area (Å²) in [5, 5.41) is 22.1. The maximum atomic E-state index is 14.6. The number of hydrogen-bond donors (Lipinski definition) is 2. The fourth-order valence-corrected chi connectivity index (χ4v) is 11.4. The summed E-state index contributed by atoms with van der Waals surface area (Å²) in [6.07, 6.45) is 6.88. The molecule has 5 nitrogen and oxygen atoms in total. The monoisotopic (exact) mass is 576 g/mol. The maximum Gasteiger partial charge on any atom is 0.313 e. The molecule has 5 heteroatoms. The second kappa shape index (κ2) is 9.51. The fraction of sp³-hybridized carbons (Fsp3) is 0.730. The first kappa shape index (κ1) is 30.1. The lowest BCUT2D eigenvalue weighted by molar-refractivity contribution is -0.228. The van der Waals surface area contributed by atoms with Crippen LogP contribution in [0.2, 0.25) is 0 Å². The van der Waals surface area contributed by atoms with Crippen molar-refractivity contribution in [3.8, 4) is 0 Å². The van der Waals surface area contributed by atoms with Crippen LogP contribution >= 0.6 is 0 Å². The highest BCUT2D eigenvalue weighted by atomic mass is 16.5. The number of allylic oxidation sites excluding steroid dienone is 2. The zero-order valence-corrected chi connectivity index (χ0v) is 26.8. The second-order valence-corrected chi connectivity index (χ2v) is 17.0. The molecule has 0 aliphatic heterocycles. The molecular formula is C37H52O5. The molecule has 6 rings (SSSR count). The number of aliphatic hydroxyl groups excluding tert-OH is 2. The Bertz CT molecular complexity index is 1300. The van der Waals surface area contributed by atoms with Gasteiger partial charge in [-0.05, 0) is 102 Å². The van der Waals surface area contributed by atoms with E-state index in [1.807, 2.05) is 36.4 Å². The lowest BCUT2D eigenvalue weighted by Gasteiger charge is -2.70. The van der Waals surface area contributed by atoms with E-state index in [-0.39, 0.29) is 52.4 Å². The van der Waals surface area contributed by atoms with Crippen LogP contribution in [-0.4, -0.2) is 34.2 Å². The first-order chi connectivity index (χ1) is 19.5. The third-order valence-electron chi connectivity index (χ3n) is 13.9. The quantitative estimate of drug-likeness (QED) is 0.377. The van der Waals surface area contributed by atoms with Crippen LogP contribution in [0.3, 0.4) is 0 Å². The summed E-state index contributed by atoms with van der Waals surface area (Å²) in [6.45, 7) is 16.0. The van der Waals surface area contributed by atoms with Gasteiger partial charge in [-0.25, -0.2) is 0 Å². The molecule has 9 atom stereocenters. The molecule has 1 aromatic rings. The van der Waals surface area contributed by atoms with Crippen LogP contribution in [0.5, 0.6) is 0 Å². The van der Waals surface area contributed by atoms with Gasteiger partial charge in [0.2, 0.25) is 0 Å². The van der Waals surface area contributed by atoms with Crippen LogP contribution in [0.25, 0.3) is 0 Å². The third kappa shape index (κ3) is 4.01. The molecule has 0 heterocycles. The number of esters is 1. The summed E-state index contributed by atoms with van der Waals surface area (Å²) in [4.78, 5) is 28.7. The minimum Gasteiger partial charge on any atom is -0.460 e. The first-order valence-corrected chi connectivity index (χ1v) is 16.4. The minimum absolute atomic E-state index is 0.0225. The molecule has 0 bridgehead atoms. The summed E-state index contributed by atoms with van der Waals surface area (Å²) >= 11 is 0. The SMILES string of the molecule is CC1(C)CC[C@]2(C(=O)OCc3ccccc3)CC[C@]3(C)C(=CC(=O)[C@@H]4[C@@]5(C)C[C@@H](O)[C@H](O)C(C)(C)[C@@H]5CC[C@]43C)[C@@H]2C1. The standard InChI is InChI=1S/C37H52O5/c1-32(2)15-17-37(31(41)42-22-23-11-9-8-10-12-23)18-16-35(6)24(25(37)20-32)19-26(38)29-34(5)21-27(39)30(40)33(3,4)28(34)13-14-36(29,35)7/h8-12,19,25,27-30,39-40H,13-18,20-22H2,1-7H3/t25-,27+,28-,29+,30-,34-,35+,36+,37-/m0/s1. The van der Waals surface area contributed by atoms with E-state index >= 15 is 0 Å². The number of benzene rings is 1. The number of rotatable bonds is 3. The third-order valence-corrected chi connectivity index (χ3v) is 13.9. The summed E-state index contributed by atoms with van der Waals surface area (Å²) < 4.78 is 6.10. The molecule has 230 valence electrons. The summed E-state index contributed by atoms with van der Waals surface area (Å²) in [7, 11) is 0. The Balaban J connectivity index is 1.41. The van der Waals surface area contributed by atoms with Crippen molar-refractivity contribution in [2.24, 2.45) is 50.2 Å². The van der Waals surface area contributed by atoms with Crippen molar-refractivity contribution in [1.82, 2.24) is 0 Å². The van der Waals surface area contributed by atoms with Crippen molar-refractivity contribution in [3.63, 3.8) is 0 Å². The molecule has 42 heavy (non-hydrogen) atoms. The van der Waals surface area contributed by atoms with Crippen molar-refractivity contribution >= 4 is 11.8 Å². The molecule has 5 aliphatic rings. The van der Waals surface area contributed by atoms with Crippen LogP contribution in [0.4, 0.5) is 0 Å². The molecule has 0 spiro atoms. The Labute approximate surface area is 252 Å². The molecule has 5 aliphatic carbocycles. The van der Waals surface area contributed by atoms with Crippen LogP contribution in [-0.2, 0) is 20.9 Å². The van der Waals surface area contributed by atoms with Crippen molar-refractivity contribution in [1.29, 1.82) is 0 Å². The van der Waals surface area contributed by atoms with Gasteiger partial charge in [0, 0.05) is 5.92 Å². The Morgan fingerprint density at radius 2 is 1.57 bits per heavy atom. The molecule has 0 radical (unpaired) electrons. The number of ketones is 1. The van der Waals surface area contributed by atoms with E-state index in [1.54, 1.807) is 0 Å². The topological polar surface area (TPSA) is 83.8 Å². The van der Waals surface area contributed by atoms with Crippen LogP contribution in [0, 0.1) is 50.2 Å². The van der Waals surface area contributed by atoms with E-state index in [1.165, 1.54) is 5.57 Å². The van der Waals surface area contributed by atoms with Gasteiger partial charge in [0.1, 0.15) is 6.61 Å². The Morgan fingerprint density at radius 1 is 0.905 bits per heavy atom. The highest BCUT2D eigenvalue weighted by molar-refractivity contribution is 5.96. The number of hydrogen-bond acceptors (Lipinski definition) is 5. The van der Waals surface area contributed by atoms with Gasteiger partial charge >= 0.3 is 5.97 Å². The summed E-state index contributed by atoms with van der Waals surface area (Å²) in [5.41, 5.74) is 0.234. The molecule has 0 aromatic heterocycles. The number of carbonyl (C=O) groups is 2. The van der Waals surface area contributed by atoms with E-state index < -0.39 is 28.5 Å². The number of ether oxygens (including phenoxy) is 1. The highest BCUT2D eigenvalue weighted by Crippen LogP contribution is 2.75. The summed E-state index contributed by atoms with van der Waals surface area (Å²) in [5.74, 6) is -0.0447.